The van der Waals surface area contributed by atoms with Crippen LogP contribution in [0.4, 0.5) is 0 Å². The number of rotatable bonds is 5. The van der Waals surface area contributed by atoms with E-state index in [0.29, 0.717) is 18.9 Å². The van der Waals surface area contributed by atoms with Crippen LogP contribution in [0.3, 0.4) is 0 Å². The van der Waals surface area contributed by atoms with Crippen molar-refractivity contribution < 1.29 is 24.9 Å². The van der Waals surface area contributed by atoms with Crippen LogP contribution in [0.25, 0.3) is 0 Å². The van der Waals surface area contributed by atoms with Gasteiger partial charge in [0.05, 0.1) is 18.4 Å². The fraction of sp³-hybridized carbons (Fsp3) is 0.167. The first kappa shape index (κ1) is 16.0. The molecule has 9 heteroatoms. The lowest BCUT2D eigenvalue weighted by Crippen LogP contribution is -2.06. The van der Waals surface area contributed by atoms with E-state index in [1.165, 1.54) is 12.1 Å². The molecule has 2 rings (SSSR count). The Bertz CT molecular complexity index is 563. The van der Waals surface area contributed by atoms with E-state index in [1.807, 2.05) is 10.8 Å². The van der Waals surface area contributed by atoms with Gasteiger partial charge in [0.1, 0.15) is 12.4 Å². The molecule has 0 atom stereocenters. The zero-order valence-corrected chi connectivity index (χ0v) is 10.8. The van der Waals surface area contributed by atoms with Crippen molar-refractivity contribution in [1.82, 2.24) is 9.55 Å². The Morgan fingerprint density at radius 3 is 2.48 bits per heavy atom. The highest BCUT2D eigenvalue weighted by atomic mass is 16.9. The van der Waals surface area contributed by atoms with Crippen molar-refractivity contribution in [3.63, 3.8) is 0 Å². The molecular formula is C12H13N3O6. The second kappa shape index (κ2) is 8.15. The molecule has 0 radical (unpaired) electrons. The van der Waals surface area contributed by atoms with E-state index >= 15 is 0 Å². The minimum absolute atomic E-state index is 0.256. The Kier molecular flexibility index (Phi) is 6.19. The van der Waals surface area contributed by atoms with E-state index in [4.69, 9.17) is 25.2 Å². The topological polar surface area (TPSA) is 128 Å². The molecule has 0 aliphatic rings. The molecule has 0 amide bonds. The summed E-state index contributed by atoms with van der Waals surface area (Å²) >= 11 is 0. The van der Waals surface area contributed by atoms with Gasteiger partial charge in [-0.15, -0.1) is 10.1 Å². The maximum atomic E-state index is 10.6. The average Bonchev–Trinajstić information content (AvgIpc) is 2.92. The molecule has 0 aliphatic carbocycles. The molecule has 0 fully saturated rings. The van der Waals surface area contributed by atoms with Gasteiger partial charge < -0.3 is 19.6 Å². The quantitative estimate of drug-likeness (QED) is 0.628. The number of carboxylic acid groups (broad SMARTS) is 1. The average molecular weight is 295 g/mol. The number of imidazole rings is 1. The second-order valence-corrected chi connectivity index (χ2v) is 3.72. The summed E-state index contributed by atoms with van der Waals surface area (Å²) in [6, 6.07) is 6.35. The maximum absolute atomic E-state index is 10.6. The SMILES string of the molecule is O=C(O)c1ccc(OCCn2ccnc2)cc1.O=[N+]([O-])O. The molecule has 0 saturated heterocycles. The lowest BCUT2D eigenvalue weighted by molar-refractivity contribution is -0.742. The number of aromatic nitrogens is 2. The number of carbonyl (C=O) groups is 1. The van der Waals surface area contributed by atoms with Gasteiger partial charge in [-0.2, -0.15) is 0 Å². The summed E-state index contributed by atoms with van der Waals surface area (Å²) in [6.45, 7) is 1.23. The van der Waals surface area contributed by atoms with Crippen molar-refractivity contribution in [2.45, 2.75) is 6.54 Å². The number of hydrogen-bond donors (Lipinski definition) is 2. The minimum Gasteiger partial charge on any atom is -0.492 e. The molecular weight excluding hydrogens is 282 g/mol. The monoisotopic (exact) mass is 295 g/mol. The van der Waals surface area contributed by atoms with Crippen LogP contribution in [-0.4, -0.2) is 37.5 Å². The molecule has 1 aromatic heterocycles. The largest absolute Gasteiger partial charge is 0.492 e. The van der Waals surface area contributed by atoms with E-state index in [0.717, 1.165) is 0 Å². The first-order chi connectivity index (χ1) is 9.99. The van der Waals surface area contributed by atoms with Gasteiger partial charge in [0.25, 0.3) is 5.09 Å². The molecule has 1 aromatic carbocycles. The highest BCUT2D eigenvalue weighted by Crippen LogP contribution is 2.12. The van der Waals surface area contributed by atoms with Crippen molar-refractivity contribution in [2.75, 3.05) is 6.61 Å². The van der Waals surface area contributed by atoms with Crippen molar-refractivity contribution in [2.24, 2.45) is 0 Å². The fourth-order valence-corrected chi connectivity index (χ4v) is 1.38. The summed E-state index contributed by atoms with van der Waals surface area (Å²) in [7, 11) is 0. The van der Waals surface area contributed by atoms with E-state index in [2.05, 4.69) is 4.98 Å². The summed E-state index contributed by atoms with van der Waals surface area (Å²) in [5.74, 6) is -0.273. The third kappa shape index (κ3) is 6.57. The van der Waals surface area contributed by atoms with Crippen molar-refractivity contribution >= 4 is 5.97 Å². The number of hydrogen-bond acceptors (Lipinski definition) is 5. The molecule has 112 valence electrons. The number of carboxylic acids is 1. The van der Waals surface area contributed by atoms with Crippen LogP contribution in [0.15, 0.2) is 43.0 Å². The lowest BCUT2D eigenvalue weighted by Gasteiger charge is -2.06. The number of aromatic carboxylic acids is 1. The van der Waals surface area contributed by atoms with Crippen LogP contribution in [0.1, 0.15) is 10.4 Å². The highest BCUT2D eigenvalue weighted by Gasteiger charge is 2.01. The van der Waals surface area contributed by atoms with Gasteiger partial charge >= 0.3 is 5.97 Å². The zero-order chi connectivity index (χ0) is 15.7. The zero-order valence-electron chi connectivity index (χ0n) is 10.8. The molecule has 1 heterocycles. The van der Waals surface area contributed by atoms with Crippen LogP contribution in [0.2, 0.25) is 0 Å². The minimum atomic E-state index is -1.50. The standard InChI is InChI=1S/C12H12N2O3.HNO3/c15-12(16)10-1-3-11(4-2-10)17-8-7-14-6-5-13-9-14;2-1(3)4/h1-6,9H,7-8H2,(H,15,16);(H,2,3,4). The Hall–Kier alpha value is -3.10. The van der Waals surface area contributed by atoms with Gasteiger partial charge in [-0.3, -0.25) is 0 Å². The van der Waals surface area contributed by atoms with E-state index in [-0.39, 0.29) is 5.56 Å². The normalized spacial score (nSPS) is 9.33. The van der Waals surface area contributed by atoms with Crippen LogP contribution < -0.4 is 4.74 Å². The van der Waals surface area contributed by atoms with E-state index < -0.39 is 11.1 Å². The molecule has 21 heavy (non-hydrogen) atoms. The summed E-state index contributed by atoms with van der Waals surface area (Å²) in [5.41, 5.74) is 0.256. The molecule has 9 nitrogen and oxygen atoms in total. The first-order valence-electron chi connectivity index (χ1n) is 5.74. The van der Waals surface area contributed by atoms with Gasteiger partial charge in [0.2, 0.25) is 0 Å². The van der Waals surface area contributed by atoms with Crippen molar-refractivity contribution in [3.8, 4) is 5.75 Å². The van der Waals surface area contributed by atoms with Crippen LogP contribution in [0, 0.1) is 10.1 Å². The summed E-state index contributed by atoms with van der Waals surface area (Å²) in [6.07, 6.45) is 5.29. The molecule has 2 aromatic rings. The number of nitrogens with zero attached hydrogens (tertiary/aromatic N) is 3. The molecule has 0 unspecified atom stereocenters. The predicted molar refractivity (Wildman–Crippen MR) is 69.9 cm³/mol. The van der Waals surface area contributed by atoms with Crippen molar-refractivity contribution in [1.29, 1.82) is 0 Å². The predicted octanol–water partition coefficient (Wildman–Crippen LogP) is 1.31. The Morgan fingerprint density at radius 2 is 2.00 bits per heavy atom. The van der Waals surface area contributed by atoms with Crippen molar-refractivity contribution in [3.05, 3.63) is 58.7 Å². The number of ether oxygens (including phenoxy) is 1. The van der Waals surface area contributed by atoms with Gasteiger partial charge in [0.15, 0.2) is 0 Å². The molecule has 2 N–H and O–H groups in total. The summed E-state index contributed by atoms with van der Waals surface area (Å²) in [4.78, 5) is 22.9. The first-order valence-corrected chi connectivity index (χ1v) is 5.74. The third-order valence-corrected chi connectivity index (χ3v) is 2.28. The smallest absolute Gasteiger partial charge is 0.335 e. The second-order valence-electron chi connectivity index (χ2n) is 3.72. The molecule has 0 saturated carbocycles. The van der Waals surface area contributed by atoms with E-state index in [9.17, 15) is 4.79 Å². The fourth-order valence-electron chi connectivity index (χ4n) is 1.38. The number of benzene rings is 1. The van der Waals surface area contributed by atoms with Gasteiger partial charge in [-0.05, 0) is 24.3 Å². The third-order valence-electron chi connectivity index (χ3n) is 2.28. The van der Waals surface area contributed by atoms with Gasteiger partial charge in [-0.1, -0.05) is 0 Å². The molecule has 0 aliphatic heterocycles. The van der Waals surface area contributed by atoms with Gasteiger partial charge in [0, 0.05) is 12.4 Å². The summed E-state index contributed by atoms with van der Waals surface area (Å²) < 4.78 is 7.38. The Balaban J connectivity index is 0.000000491. The molecule has 0 spiro atoms. The highest BCUT2D eigenvalue weighted by molar-refractivity contribution is 5.87. The van der Waals surface area contributed by atoms with Crippen LogP contribution in [-0.2, 0) is 6.54 Å². The van der Waals surface area contributed by atoms with Crippen LogP contribution in [0.5, 0.6) is 5.75 Å². The Morgan fingerprint density at radius 1 is 1.38 bits per heavy atom. The maximum Gasteiger partial charge on any atom is 0.335 e. The van der Waals surface area contributed by atoms with E-state index in [1.54, 1.807) is 24.7 Å². The lowest BCUT2D eigenvalue weighted by atomic mass is 10.2. The molecule has 0 bridgehead atoms. The Labute approximate surface area is 119 Å². The summed E-state index contributed by atoms with van der Waals surface area (Å²) in [5, 5.41) is 22.4. The van der Waals surface area contributed by atoms with Gasteiger partial charge in [-0.25, -0.2) is 9.78 Å². The van der Waals surface area contributed by atoms with Crippen LogP contribution >= 0.6 is 0 Å².